The second kappa shape index (κ2) is 8.06. The largest absolute Gasteiger partial charge is 0.508 e. The first-order valence-electron chi connectivity index (χ1n) is 8.63. The summed E-state index contributed by atoms with van der Waals surface area (Å²) in [6, 6.07) is 9.59. The molecule has 26 heavy (non-hydrogen) atoms. The molecule has 5 heteroatoms. The molecule has 2 N–H and O–H groups in total. The minimum absolute atomic E-state index is 0.0970. The summed E-state index contributed by atoms with van der Waals surface area (Å²) in [6.45, 7) is 1.79. The van der Waals surface area contributed by atoms with Crippen LogP contribution in [0.5, 0.6) is 5.75 Å². The van der Waals surface area contributed by atoms with Crippen LogP contribution >= 0.6 is 0 Å². The number of aliphatic hydroxyl groups is 1. The van der Waals surface area contributed by atoms with E-state index >= 15 is 0 Å². The SMILES string of the molecule is CC(O)CCCC=Cc1ncc2cc(-c3ccc(O)cc3F)ccc2n1. The van der Waals surface area contributed by atoms with Crippen molar-refractivity contribution in [2.75, 3.05) is 0 Å². The van der Waals surface area contributed by atoms with E-state index in [1.54, 1.807) is 25.3 Å². The summed E-state index contributed by atoms with van der Waals surface area (Å²) in [5.41, 5.74) is 1.92. The van der Waals surface area contributed by atoms with Crippen molar-refractivity contribution in [3.05, 3.63) is 60.3 Å². The van der Waals surface area contributed by atoms with Gasteiger partial charge in [0.05, 0.1) is 11.6 Å². The molecular weight excluding hydrogens is 331 g/mol. The van der Waals surface area contributed by atoms with Gasteiger partial charge < -0.3 is 10.2 Å². The van der Waals surface area contributed by atoms with E-state index in [0.717, 1.165) is 36.2 Å². The molecule has 0 bridgehead atoms. The highest BCUT2D eigenvalue weighted by molar-refractivity contribution is 5.84. The first-order chi connectivity index (χ1) is 12.5. The number of phenols is 1. The summed E-state index contributed by atoms with van der Waals surface area (Å²) in [5.74, 6) is 0.0559. The van der Waals surface area contributed by atoms with Gasteiger partial charge in [0.1, 0.15) is 11.6 Å². The normalized spacial score (nSPS) is 12.7. The summed E-state index contributed by atoms with van der Waals surface area (Å²) in [7, 11) is 0. The lowest BCUT2D eigenvalue weighted by Gasteiger charge is -2.06. The van der Waals surface area contributed by atoms with E-state index in [2.05, 4.69) is 9.97 Å². The molecule has 2 aromatic carbocycles. The van der Waals surface area contributed by atoms with Crippen molar-refractivity contribution in [3.8, 4) is 16.9 Å². The van der Waals surface area contributed by atoms with Gasteiger partial charge in [0, 0.05) is 23.2 Å². The zero-order chi connectivity index (χ0) is 18.5. The Hall–Kier alpha value is -2.79. The molecule has 1 heterocycles. The van der Waals surface area contributed by atoms with E-state index in [0.29, 0.717) is 17.0 Å². The fourth-order valence-corrected chi connectivity index (χ4v) is 2.75. The number of hydrogen-bond donors (Lipinski definition) is 2. The van der Waals surface area contributed by atoms with Crippen LogP contribution < -0.4 is 0 Å². The van der Waals surface area contributed by atoms with Crippen LogP contribution in [0.4, 0.5) is 4.39 Å². The summed E-state index contributed by atoms with van der Waals surface area (Å²) >= 11 is 0. The number of nitrogens with zero attached hydrogens (tertiary/aromatic N) is 2. The molecular formula is C21H21FN2O2. The maximum absolute atomic E-state index is 14.0. The number of phenolic OH excluding ortho intramolecular Hbond substituents is 1. The third-order valence-corrected chi connectivity index (χ3v) is 4.12. The Balaban J connectivity index is 1.78. The zero-order valence-electron chi connectivity index (χ0n) is 14.6. The van der Waals surface area contributed by atoms with Crippen molar-refractivity contribution < 1.29 is 14.6 Å². The predicted octanol–water partition coefficient (Wildman–Crippen LogP) is 4.71. The van der Waals surface area contributed by atoms with Gasteiger partial charge >= 0.3 is 0 Å². The van der Waals surface area contributed by atoms with Crippen LogP contribution in [-0.2, 0) is 0 Å². The van der Waals surface area contributed by atoms with Gasteiger partial charge in [0.25, 0.3) is 0 Å². The van der Waals surface area contributed by atoms with Crippen molar-refractivity contribution >= 4 is 17.0 Å². The quantitative estimate of drug-likeness (QED) is 0.631. The molecule has 1 atom stereocenters. The standard InChI is InChI=1S/C21H21FN2O2/c1-14(25)5-3-2-4-6-21-23-13-16-11-15(7-10-20(16)24-21)18-9-8-17(26)12-19(18)22/h4,6-14,25-26H,2-3,5H2,1H3. The molecule has 1 aromatic heterocycles. The Bertz CT molecular complexity index is 938. The Morgan fingerprint density at radius 2 is 2.04 bits per heavy atom. The molecule has 1 unspecified atom stereocenters. The van der Waals surface area contributed by atoms with E-state index < -0.39 is 5.82 Å². The highest BCUT2D eigenvalue weighted by atomic mass is 19.1. The van der Waals surface area contributed by atoms with E-state index in [9.17, 15) is 14.6 Å². The fourth-order valence-electron chi connectivity index (χ4n) is 2.75. The minimum Gasteiger partial charge on any atom is -0.508 e. The molecule has 0 amide bonds. The predicted molar refractivity (Wildman–Crippen MR) is 101 cm³/mol. The third-order valence-electron chi connectivity index (χ3n) is 4.12. The molecule has 3 aromatic rings. The van der Waals surface area contributed by atoms with Crippen LogP contribution in [0.2, 0.25) is 0 Å². The number of halogens is 1. The number of benzene rings is 2. The number of hydrogen-bond acceptors (Lipinski definition) is 4. The van der Waals surface area contributed by atoms with Crippen molar-refractivity contribution in [3.63, 3.8) is 0 Å². The molecule has 134 valence electrons. The van der Waals surface area contributed by atoms with Gasteiger partial charge in [-0.2, -0.15) is 0 Å². The van der Waals surface area contributed by atoms with Crippen LogP contribution in [0.15, 0.2) is 48.7 Å². The van der Waals surface area contributed by atoms with Gasteiger partial charge in [-0.05, 0) is 62.1 Å². The molecule has 0 spiro atoms. The highest BCUT2D eigenvalue weighted by Crippen LogP contribution is 2.28. The second-order valence-electron chi connectivity index (χ2n) is 6.35. The Labute approximate surface area is 151 Å². The topological polar surface area (TPSA) is 66.2 Å². The fraction of sp³-hybridized carbons (Fsp3) is 0.238. The van der Waals surface area contributed by atoms with Gasteiger partial charge in [-0.1, -0.05) is 12.1 Å². The van der Waals surface area contributed by atoms with Crippen LogP contribution in [0.25, 0.3) is 28.1 Å². The number of unbranched alkanes of at least 4 members (excludes halogenated alkanes) is 1. The Morgan fingerprint density at radius 3 is 2.81 bits per heavy atom. The van der Waals surface area contributed by atoms with Crippen molar-refractivity contribution in [1.29, 1.82) is 0 Å². The average Bonchev–Trinajstić information content (AvgIpc) is 2.61. The molecule has 0 aliphatic carbocycles. The zero-order valence-corrected chi connectivity index (χ0v) is 14.6. The van der Waals surface area contributed by atoms with Gasteiger partial charge in [-0.3, -0.25) is 0 Å². The van der Waals surface area contributed by atoms with Crippen molar-refractivity contribution in [1.82, 2.24) is 9.97 Å². The molecule has 0 saturated carbocycles. The lowest BCUT2D eigenvalue weighted by molar-refractivity contribution is 0.182. The molecule has 0 aliphatic heterocycles. The molecule has 0 fully saturated rings. The molecule has 3 rings (SSSR count). The number of rotatable bonds is 6. The van der Waals surface area contributed by atoms with Gasteiger partial charge in [0.15, 0.2) is 5.82 Å². The summed E-state index contributed by atoms with van der Waals surface area (Å²) < 4.78 is 14.0. The number of aromatic hydroxyl groups is 1. The number of fused-ring (bicyclic) bond motifs is 1. The molecule has 0 radical (unpaired) electrons. The third kappa shape index (κ3) is 4.43. The van der Waals surface area contributed by atoms with E-state index in [-0.39, 0.29) is 11.9 Å². The lowest BCUT2D eigenvalue weighted by Crippen LogP contribution is -1.97. The van der Waals surface area contributed by atoms with Crippen molar-refractivity contribution in [2.45, 2.75) is 32.3 Å². The smallest absolute Gasteiger partial charge is 0.152 e. The first kappa shape index (κ1) is 18.0. The minimum atomic E-state index is -0.470. The van der Waals surface area contributed by atoms with Crippen LogP contribution in [0, 0.1) is 5.82 Å². The summed E-state index contributed by atoms with van der Waals surface area (Å²) in [6.07, 6.45) is 7.89. The molecule has 0 aliphatic rings. The van der Waals surface area contributed by atoms with Crippen LogP contribution in [-0.4, -0.2) is 26.3 Å². The van der Waals surface area contributed by atoms with E-state index in [4.69, 9.17) is 0 Å². The van der Waals surface area contributed by atoms with Crippen LogP contribution in [0.1, 0.15) is 32.0 Å². The highest BCUT2D eigenvalue weighted by Gasteiger charge is 2.07. The maximum Gasteiger partial charge on any atom is 0.152 e. The second-order valence-corrected chi connectivity index (χ2v) is 6.35. The Morgan fingerprint density at radius 1 is 1.19 bits per heavy atom. The van der Waals surface area contributed by atoms with E-state index in [1.165, 1.54) is 6.07 Å². The van der Waals surface area contributed by atoms with Crippen molar-refractivity contribution in [2.24, 2.45) is 0 Å². The monoisotopic (exact) mass is 352 g/mol. The lowest BCUT2D eigenvalue weighted by atomic mass is 10.0. The summed E-state index contributed by atoms with van der Waals surface area (Å²) in [5, 5.41) is 19.4. The molecule has 0 saturated heterocycles. The van der Waals surface area contributed by atoms with Gasteiger partial charge in [-0.15, -0.1) is 0 Å². The van der Waals surface area contributed by atoms with Crippen LogP contribution in [0.3, 0.4) is 0 Å². The van der Waals surface area contributed by atoms with Gasteiger partial charge in [0.2, 0.25) is 0 Å². The number of aliphatic hydroxyl groups excluding tert-OH is 1. The summed E-state index contributed by atoms with van der Waals surface area (Å²) in [4.78, 5) is 8.83. The molecule has 4 nitrogen and oxygen atoms in total. The number of aromatic nitrogens is 2. The average molecular weight is 352 g/mol. The van der Waals surface area contributed by atoms with E-state index in [1.807, 2.05) is 24.3 Å². The van der Waals surface area contributed by atoms with Gasteiger partial charge in [-0.25, -0.2) is 14.4 Å². The maximum atomic E-state index is 14.0. The first-order valence-corrected chi connectivity index (χ1v) is 8.63. The Kier molecular flexibility index (Phi) is 5.58. The number of allylic oxidation sites excluding steroid dienone is 1.